The maximum absolute atomic E-state index is 12.0. The number of carbonyl (C=O) groups is 3. The van der Waals surface area contributed by atoms with E-state index in [0.29, 0.717) is 0 Å². The van der Waals surface area contributed by atoms with Crippen LogP contribution in [-0.2, 0) is 16.0 Å². The molecule has 0 radical (unpaired) electrons. The first-order valence-electron chi connectivity index (χ1n) is 7.94. The van der Waals surface area contributed by atoms with Gasteiger partial charge in [-0.1, -0.05) is 6.07 Å². The Hall–Kier alpha value is -2.44. The van der Waals surface area contributed by atoms with E-state index in [1.54, 1.807) is 0 Å². The molecule has 2 amide bonds. The molecule has 1 fully saturated rings. The SMILES string of the molecule is COc1ccc(CC(SCC(=O)N2CCC(=O)N2)B(O)O)c(O)c1C(=O)O. The highest BCUT2D eigenvalue weighted by Crippen LogP contribution is 2.33. The molecule has 1 heterocycles. The number of hydrogen-bond acceptors (Lipinski definition) is 8. The first-order chi connectivity index (χ1) is 12.7. The molecule has 1 aliphatic rings. The van der Waals surface area contributed by atoms with Crippen LogP contribution in [0.25, 0.3) is 0 Å². The summed E-state index contributed by atoms with van der Waals surface area (Å²) in [6, 6.07) is 2.77. The van der Waals surface area contributed by atoms with Crippen molar-refractivity contribution in [3.05, 3.63) is 23.3 Å². The summed E-state index contributed by atoms with van der Waals surface area (Å²) in [5.41, 5.74) is 2.12. The van der Waals surface area contributed by atoms with Crippen molar-refractivity contribution in [2.24, 2.45) is 0 Å². The number of nitrogens with one attached hydrogen (secondary N) is 1. The molecule has 1 aromatic carbocycles. The minimum Gasteiger partial charge on any atom is -0.507 e. The van der Waals surface area contributed by atoms with Gasteiger partial charge in [0.2, 0.25) is 5.91 Å². The molecule has 0 aromatic heterocycles. The van der Waals surface area contributed by atoms with Crippen LogP contribution in [0.15, 0.2) is 12.1 Å². The Bertz CT molecular complexity index is 745. The molecule has 10 nitrogen and oxygen atoms in total. The zero-order valence-electron chi connectivity index (χ0n) is 14.4. The van der Waals surface area contributed by atoms with Crippen LogP contribution in [0.4, 0.5) is 0 Å². The largest absolute Gasteiger partial charge is 0.507 e. The van der Waals surface area contributed by atoms with Crippen LogP contribution in [0, 0.1) is 0 Å². The Labute approximate surface area is 159 Å². The molecule has 1 aromatic rings. The number of aromatic hydroxyl groups is 1. The molecular weight excluding hydrogens is 379 g/mol. The second-order valence-electron chi connectivity index (χ2n) is 5.75. The quantitative estimate of drug-likeness (QED) is 0.347. The summed E-state index contributed by atoms with van der Waals surface area (Å²) in [5.74, 6) is -2.76. The first-order valence-corrected chi connectivity index (χ1v) is 8.99. The molecule has 1 unspecified atom stereocenters. The van der Waals surface area contributed by atoms with Crippen LogP contribution in [-0.4, -0.2) is 74.7 Å². The van der Waals surface area contributed by atoms with Gasteiger partial charge in [-0.25, -0.2) is 4.79 Å². The summed E-state index contributed by atoms with van der Waals surface area (Å²) in [4.78, 5) is 34.5. The van der Waals surface area contributed by atoms with Gasteiger partial charge >= 0.3 is 13.1 Å². The van der Waals surface area contributed by atoms with E-state index in [4.69, 9.17) is 4.74 Å². The van der Waals surface area contributed by atoms with Crippen molar-refractivity contribution in [3.63, 3.8) is 0 Å². The molecule has 0 aliphatic carbocycles. The molecule has 0 bridgehead atoms. The van der Waals surface area contributed by atoms with E-state index < -0.39 is 35.5 Å². The number of hydrogen-bond donors (Lipinski definition) is 5. The second-order valence-corrected chi connectivity index (χ2v) is 6.98. The number of methoxy groups -OCH3 is 1. The third-order valence-electron chi connectivity index (χ3n) is 3.95. The van der Waals surface area contributed by atoms with Crippen LogP contribution in [0.2, 0.25) is 0 Å². The third-order valence-corrected chi connectivity index (χ3v) is 5.21. The van der Waals surface area contributed by atoms with Crippen LogP contribution < -0.4 is 10.2 Å². The lowest BCUT2D eigenvalue weighted by atomic mass is 9.81. The van der Waals surface area contributed by atoms with Gasteiger partial charge in [-0.15, -0.1) is 0 Å². The van der Waals surface area contributed by atoms with Crippen molar-refractivity contribution in [2.75, 3.05) is 19.4 Å². The van der Waals surface area contributed by atoms with Gasteiger partial charge in [-0.2, -0.15) is 11.8 Å². The summed E-state index contributed by atoms with van der Waals surface area (Å²) in [7, 11) is -0.550. The fourth-order valence-electron chi connectivity index (χ4n) is 2.54. The van der Waals surface area contributed by atoms with Gasteiger partial charge in [-0.05, 0) is 18.1 Å². The van der Waals surface area contributed by atoms with E-state index >= 15 is 0 Å². The van der Waals surface area contributed by atoms with Crippen molar-refractivity contribution in [3.8, 4) is 11.5 Å². The van der Waals surface area contributed by atoms with E-state index in [9.17, 15) is 34.6 Å². The first kappa shape index (κ1) is 20.9. The maximum Gasteiger partial charge on any atom is 0.465 e. The van der Waals surface area contributed by atoms with Gasteiger partial charge < -0.3 is 25.0 Å². The Morgan fingerprint density at radius 1 is 1.41 bits per heavy atom. The average Bonchev–Trinajstić information content (AvgIpc) is 3.05. The Morgan fingerprint density at radius 3 is 2.63 bits per heavy atom. The molecule has 1 aliphatic heterocycles. The van der Waals surface area contributed by atoms with Gasteiger partial charge in [0.05, 0.1) is 19.4 Å². The molecule has 12 heteroatoms. The van der Waals surface area contributed by atoms with Gasteiger partial charge in [0.15, 0.2) is 0 Å². The number of benzene rings is 1. The number of phenols is 1. The van der Waals surface area contributed by atoms with Crippen LogP contribution >= 0.6 is 11.8 Å². The molecular formula is C15H19BN2O8S. The predicted molar refractivity (Wildman–Crippen MR) is 96.2 cm³/mol. The number of rotatable bonds is 8. The van der Waals surface area contributed by atoms with Crippen molar-refractivity contribution in [2.45, 2.75) is 18.0 Å². The normalized spacial score (nSPS) is 14.6. The van der Waals surface area contributed by atoms with Crippen LogP contribution in [0.5, 0.6) is 11.5 Å². The number of amides is 2. The van der Waals surface area contributed by atoms with E-state index in [1.807, 2.05) is 0 Å². The number of nitrogens with zero attached hydrogens (tertiary/aromatic N) is 1. The fraction of sp³-hybridized carbons (Fsp3) is 0.400. The summed E-state index contributed by atoms with van der Waals surface area (Å²) >= 11 is 0.921. The molecule has 0 spiro atoms. The number of aromatic carboxylic acids is 1. The fourth-order valence-corrected chi connectivity index (χ4v) is 3.53. The second kappa shape index (κ2) is 8.97. The number of ether oxygens (including phenoxy) is 1. The summed E-state index contributed by atoms with van der Waals surface area (Å²) in [6.07, 6.45) is 0.109. The molecule has 0 saturated carbocycles. The zero-order chi connectivity index (χ0) is 20.1. The average molecular weight is 398 g/mol. The highest BCUT2D eigenvalue weighted by atomic mass is 32.2. The molecule has 1 saturated heterocycles. The smallest absolute Gasteiger partial charge is 0.465 e. The Morgan fingerprint density at radius 2 is 2.11 bits per heavy atom. The molecule has 146 valence electrons. The van der Waals surface area contributed by atoms with Crippen LogP contribution in [0.1, 0.15) is 22.3 Å². The Balaban J connectivity index is 2.10. The molecule has 1 atom stereocenters. The van der Waals surface area contributed by atoms with Gasteiger partial charge in [0, 0.05) is 11.6 Å². The minimum absolute atomic E-state index is 0.0301. The van der Waals surface area contributed by atoms with Gasteiger partial charge in [0.1, 0.15) is 17.1 Å². The maximum atomic E-state index is 12.0. The molecule has 2 rings (SSSR count). The summed E-state index contributed by atoms with van der Waals surface area (Å²) < 4.78 is 4.91. The van der Waals surface area contributed by atoms with Crippen LogP contribution in [0.3, 0.4) is 0 Å². The summed E-state index contributed by atoms with van der Waals surface area (Å²) in [5, 5.41) is 38.9. The lowest BCUT2D eigenvalue weighted by Crippen LogP contribution is -2.40. The zero-order valence-corrected chi connectivity index (χ0v) is 15.2. The lowest BCUT2D eigenvalue weighted by molar-refractivity contribution is -0.133. The van der Waals surface area contributed by atoms with E-state index in [-0.39, 0.29) is 42.4 Å². The molecule has 27 heavy (non-hydrogen) atoms. The predicted octanol–water partition coefficient (Wildman–Crippen LogP) is -0.981. The Kier molecular flexibility index (Phi) is 6.94. The van der Waals surface area contributed by atoms with E-state index in [0.717, 1.165) is 16.8 Å². The van der Waals surface area contributed by atoms with E-state index in [1.165, 1.54) is 19.2 Å². The number of thioether (sulfide) groups is 1. The molecule has 5 N–H and O–H groups in total. The van der Waals surface area contributed by atoms with E-state index in [2.05, 4.69) is 5.43 Å². The van der Waals surface area contributed by atoms with Crippen molar-refractivity contribution in [1.29, 1.82) is 0 Å². The van der Waals surface area contributed by atoms with Gasteiger partial charge in [-0.3, -0.25) is 20.0 Å². The third kappa shape index (κ3) is 5.05. The topological polar surface area (TPSA) is 157 Å². The van der Waals surface area contributed by atoms with Crippen molar-refractivity contribution in [1.82, 2.24) is 10.4 Å². The minimum atomic E-state index is -1.81. The highest BCUT2D eigenvalue weighted by Gasteiger charge is 2.30. The highest BCUT2D eigenvalue weighted by molar-refractivity contribution is 8.01. The number of carboxylic acid groups (broad SMARTS) is 1. The van der Waals surface area contributed by atoms with Crippen molar-refractivity contribution < 1.29 is 39.4 Å². The standard InChI is InChI=1S/C15H19BN2O8S/c1-26-9-3-2-8(14(21)13(9)15(22)23)6-10(16(24)25)27-7-12(20)18-5-4-11(19)17-18/h2-3,10,21,24-25H,4-7H2,1H3,(H,17,19)(H,22,23). The lowest BCUT2D eigenvalue weighted by Gasteiger charge is -2.19. The monoisotopic (exact) mass is 398 g/mol. The van der Waals surface area contributed by atoms with Crippen molar-refractivity contribution >= 4 is 36.7 Å². The number of carboxylic acids is 1. The number of hydrazine groups is 1. The van der Waals surface area contributed by atoms with Gasteiger partial charge in [0.25, 0.3) is 5.91 Å². The summed E-state index contributed by atoms with van der Waals surface area (Å²) in [6.45, 7) is 0.242. The number of carbonyl (C=O) groups excluding carboxylic acids is 2.